The Morgan fingerprint density at radius 2 is 2.16 bits per heavy atom. The van der Waals surface area contributed by atoms with Crippen LogP contribution < -0.4 is 5.32 Å². The van der Waals surface area contributed by atoms with E-state index in [1.54, 1.807) is 0 Å². The summed E-state index contributed by atoms with van der Waals surface area (Å²) in [5.41, 5.74) is 1.30. The summed E-state index contributed by atoms with van der Waals surface area (Å²) < 4.78 is 0. The second-order valence-corrected chi connectivity index (χ2v) is 8.51. The molecule has 2 rings (SSSR count). The summed E-state index contributed by atoms with van der Waals surface area (Å²) in [4.78, 5) is 11.2. The van der Waals surface area contributed by atoms with Crippen LogP contribution in [-0.2, 0) is 0 Å². The number of guanidine groups is 1. The van der Waals surface area contributed by atoms with Crippen molar-refractivity contribution in [3.8, 4) is 0 Å². The zero-order chi connectivity index (χ0) is 17.5. The van der Waals surface area contributed by atoms with Crippen molar-refractivity contribution in [1.82, 2.24) is 15.2 Å². The minimum absolute atomic E-state index is 0. The summed E-state index contributed by atoms with van der Waals surface area (Å²) in [5, 5.41) is 4.31. The highest BCUT2D eigenvalue weighted by Gasteiger charge is 2.25. The first-order valence-electron chi connectivity index (χ1n) is 9.00. The number of hydrogen-bond acceptors (Lipinski definition) is 3. The van der Waals surface area contributed by atoms with Gasteiger partial charge < -0.3 is 10.2 Å². The maximum atomic E-state index is 4.54. The molecule has 0 spiro atoms. The molecular formula is C19H33IN4S. The van der Waals surface area contributed by atoms with Gasteiger partial charge in [-0.05, 0) is 23.5 Å². The van der Waals surface area contributed by atoms with Gasteiger partial charge in [0.1, 0.15) is 0 Å². The molecule has 0 radical (unpaired) electrons. The third kappa shape index (κ3) is 6.62. The van der Waals surface area contributed by atoms with Crippen molar-refractivity contribution in [1.29, 1.82) is 0 Å². The molecule has 1 aromatic heterocycles. The van der Waals surface area contributed by atoms with E-state index >= 15 is 0 Å². The van der Waals surface area contributed by atoms with Crippen molar-refractivity contribution in [3.63, 3.8) is 0 Å². The Morgan fingerprint density at radius 3 is 2.72 bits per heavy atom. The molecule has 4 nitrogen and oxygen atoms in total. The molecule has 1 saturated heterocycles. The zero-order valence-electron chi connectivity index (χ0n) is 16.1. The van der Waals surface area contributed by atoms with E-state index in [2.05, 4.69) is 65.7 Å². The van der Waals surface area contributed by atoms with Crippen LogP contribution in [0.3, 0.4) is 0 Å². The summed E-state index contributed by atoms with van der Waals surface area (Å²) in [6.45, 7) is 12.2. The zero-order valence-corrected chi connectivity index (χ0v) is 19.3. The molecule has 1 aromatic rings. The molecule has 0 saturated carbocycles. The van der Waals surface area contributed by atoms with E-state index in [-0.39, 0.29) is 24.0 Å². The van der Waals surface area contributed by atoms with Gasteiger partial charge in [0, 0.05) is 56.0 Å². The molecule has 0 aliphatic carbocycles. The van der Waals surface area contributed by atoms with Gasteiger partial charge in [0.2, 0.25) is 0 Å². The second kappa shape index (κ2) is 11.3. The van der Waals surface area contributed by atoms with Crippen molar-refractivity contribution in [3.05, 3.63) is 30.1 Å². The Kier molecular flexibility index (Phi) is 10.2. The highest BCUT2D eigenvalue weighted by Crippen LogP contribution is 2.26. The van der Waals surface area contributed by atoms with Crippen LogP contribution in [0.15, 0.2) is 29.5 Å². The van der Waals surface area contributed by atoms with Gasteiger partial charge >= 0.3 is 0 Å². The van der Waals surface area contributed by atoms with E-state index in [1.165, 1.54) is 11.3 Å². The van der Waals surface area contributed by atoms with Crippen LogP contribution in [0.1, 0.15) is 39.2 Å². The lowest BCUT2D eigenvalue weighted by Crippen LogP contribution is -2.49. The molecule has 1 fully saturated rings. The highest BCUT2D eigenvalue weighted by atomic mass is 127. The Hall–Kier alpha value is -0.500. The number of hydrogen-bond donors (Lipinski definition) is 1. The van der Waals surface area contributed by atoms with Gasteiger partial charge in [0.05, 0.1) is 0 Å². The van der Waals surface area contributed by atoms with Gasteiger partial charge in [0.15, 0.2) is 5.96 Å². The number of aliphatic imine (C=N–C) groups is 1. The first kappa shape index (κ1) is 22.5. The van der Waals surface area contributed by atoms with Crippen LogP contribution in [-0.4, -0.2) is 53.5 Å². The third-order valence-electron chi connectivity index (χ3n) is 4.75. The lowest BCUT2D eigenvalue weighted by molar-refractivity contribution is 0.375. The van der Waals surface area contributed by atoms with Crippen molar-refractivity contribution < 1.29 is 0 Å². The van der Waals surface area contributed by atoms with Crippen molar-refractivity contribution in [2.24, 2.45) is 16.8 Å². The van der Waals surface area contributed by atoms with Crippen LogP contribution >= 0.6 is 35.7 Å². The molecule has 2 unspecified atom stereocenters. The maximum Gasteiger partial charge on any atom is 0.193 e. The topological polar surface area (TPSA) is 40.5 Å². The van der Waals surface area contributed by atoms with E-state index in [1.807, 2.05) is 25.5 Å². The minimum atomic E-state index is 0. The molecule has 0 amide bonds. The minimum Gasteiger partial charge on any atom is -0.356 e. The number of nitrogens with zero attached hydrogens (tertiary/aromatic N) is 3. The average Bonchev–Trinajstić information content (AvgIpc) is 2.59. The van der Waals surface area contributed by atoms with Gasteiger partial charge in [-0.25, -0.2) is 0 Å². The molecule has 0 aromatic carbocycles. The number of pyridine rings is 1. The van der Waals surface area contributed by atoms with Crippen molar-refractivity contribution in [2.45, 2.75) is 38.9 Å². The molecule has 1 aliphatic heterocycles. The van der Waals surface area contributed by atoms with Gasteiger partial charge in [-0.2, -0.15) is 11.8 Å². The Labute approximate surface area is 174 Å². The van der Waals surface area contributed by atoms with E-state index < -0.39 is 0 Å². The fourth-order valence-corrected chi connectivity index (χ4v) is 4.44. The normalized spacial score (nSPS) is 19.7. The summed E-state index contributed by atoms with van der Waals surface area (Å²) in [5.74, 6) is 3.92. The molecule has 6 heteroatoms. The van der Waals surface area contributed by atoms with E-state index in [0.717, 1.165) is 25.6 Å². The van der Waals surface area contributed by atoms with Crippen LogP contribution in [0.2, 0.25) is 0 Å². The number of thioether (sulfide) groups is 1. The van der Waals surface area contributed by atoms with Crippen molar-refractivity contribution >= 4 is 41.7 Å². The van der Waals surface area contributed by atoms with Gasteiger partial charge in [-0.1, -0.05) is 33.8 Å². The summed E-state index contributed by atoms with van der Waals surface area (Å²) in [6.07, 6.45) is 3.83. The molecule has 142 valence electrons. The molecule has 0 bridgehead atoms. The standard InChI is InChI=1S/C19H32N4S.HI/c1-14(2)17(16-7-6-8-21-11-16)12-22-19(20-5)23-9-10-24-18(13-23)15(3)4;/h6-8,11,14-15,17-18H,9-10,12-13H2,1-5H3,(H,20,22);1H. The Bertz CT molecular complexity index is 521. The van der Waals surface area contributed by atoms with Crippen molar-refractivity contribution in [2.75, 3.05) is 32.4 Å². The highest BCUT2D eigenvalue weighted by molar-refractivity contribution is 14.0. The molecule has 1 aliphatic rings. The quantitative estimate of drug-likeness (QED) is 0.395. The Morgan fingerprint density at radius 1 is 1.40 bits per heavy atom. The number of rotatable bonds is 5. The molecule has 1 N–H and O–H groups in total. The Balaban J connectivity index is 0.00000312. The van der Waals surface area contributed by atoms with Gasteiger partial charge in [0.25, 0.3) is 0 Å². The fourth-order valence-electron chi connectivity index (χ4n) is 3.14. The maximum absolute atomic E-state index is 4.54. The van der Waals surface area contributed by atoms with E-state index in [9.17, 15) is 0 Å². The predicted molar refractivity (Wildman–Crippen MR) is 121 cm³/mol. The first-order valence-corrected chi connectivity index (χ1v) is 10.0. The summed E-state index contributed by atoms with van der Waals surface area (Å²) in [7, 11) is 1.89. The second-order valence-electron chi connectivity index (χ2n) is 7.16. The molecular weight excluding hydrogens is 443 g/mol. The summed E-state index contributed by atoms with van der Waals surface area (Å²) in [6, 6.07) is 4.20. The largest absolute Gasteiger partial charge is 0.356 e. The smallest absolute Gasteiger partial charge is 0.193 e. The van der Waals surface area contributed by atoms with Crippen LogP contribution in [0, 0.1) is 11.8 Å². The number of halogens is 1. The lowest BCUT2D eigenvalue weighted by Gasteiger charge is -2.37. The molecule has 25 heavy (non-hydrogen) atoms. The first-order chi connectivity index (χ1) is 11.5. The van der Waals surface area contributed by atoms with Gasteiger partial charge in [-0.15, -0.1) is 24.0 Å². The van der Waals surface area contributed by atoms with Crippen LogP contribution in [0.4, 0.5) is 0 Å². The molecule has 2 atom stereocenters. The van der Waals surface area contributed by atoms with Crippen LogP contribution in [0.25, 0.3) is 0 Å². The summed E-state index contributed by atoms with van der Waals surface area (Å²) >= 11 is 2.10. The van der Waals surface area contributed by atoms with E-state index in [0.29, 0.717) is 23.0 Å². The lowest BCUT2D eigenvalue weighted by atomic mass is 9.89. The van der Waals surface area contributed by atoms with Crippen LogP contribution in [0.5, 0.6) is 0 Å². The number of nitrogens with one attached hydrogen (secondary N) is 1. The van der Waals surface area contributed by atoms with Gasteiger partial charge in [-0.3, -0.25) is 9.98 Å². The monoisotopic (exact) mass is 476 g/mol. The fraction of sp³-hybridized carbons (Fsp3) is 0.684. The predicted octanol–water partition coefficient (Wildman–Crippen LogP) is 4.09. The number of aromatic nitrogens is 1. The van der Waals surface area contributed by atoms with E-state index in [4.69, 9.17) is 0 Å². The SMILES string of the molecule is CN=C(NCC(c1cccnc1)C(C)C)N1CCSC(C(C)C)C1.I. The third-order valence-corrected chi connectivity index (χ3v) is 6.29. The molecule has 2 heterocycles. The average molecular weight is 476 g/mol.